The highest BCUT2D eigenvalue weighted by atomic mass is 32.2. The van der Waals surface area contributed by atoms with Gasteiger partial charge in [0.05, 0.1) is 18.3 Å². The van der Waals surface area contributed by atoms with Crippen molar-refractivity contribution in [1.82, 2.24) is 14.9 Å². The predicted octanol–water partition coefficient (Wildman–Crippen LogP) is -0.522. The maximum absolute atomic E-state index is 13.0. The zero-order valence-corrected chi connectivity index (χ0v) is 13.1. The molecule has 2 aliphatic rings. The van der Waals surface area contributed by atoms with Crippen molar-refractivity contribution in [2.45, 2.75) is 18.4 Å². The summed E-state index contributed by atoms with van der Waals surface area (Å²) in [6.45, 7) is 0.387. The number of sulfonamides is 1. The van der Waals surface area contributed by atoms with Gasteiger partial charge in [-0.15, -0.1) is 0 Å². The normalized spacial score (nSPS) is 26.7. The largest absolute Gasteiger partial charge is 0.354 e. The van der Waals surface area contributed by atoms with E-state index >= 15 is 0 Å². The summed E-state index contributed by atoms with van der Waals surface area (Å²) >= 11 is 1.70. The molecule has 0 spiro atoms. The number of thioether (sulfide) groups is 1. The summed E-state index contributed by atoms with van der Waals surface area (Å²) in [4.78, 5) is 11.7. The molecule has 0 aromatic heterocycles. The van der Waals surface area contributed by atoms with Gasteiger partial charge in [-0.05, 0) is 0 Å². The Morgan fingerprint density at radius 1 is 1.38 bits per heavy atom. The van der Waals surface area contributed by atoms with E-state index in [0.717, 1.165) is 11.5 Å². The standard InChI is InChI=1S/C11H19F2N3O3S2/c12-11(13)7-9(15-8-11)10(17)14-1-6-21(18,19)16-2-4-20-5-3-16/h9,15H,1-8H2,(H,14,17). The van der Waals surface area contributed by atoms with Gasteiger partial charge in [0.1, 0.15) is 0 Å². The predicted molar refractivity (Wildman–Crippen MR) is 77.0 cm³/mol. The Hall–Kier alpha value is -0.450. The second kappa shape index (κ2) is 6.76. The molecule has 21 heavy (non-hydrogen) atoms. The van der Waals surface area contributed by atoms with Crippen LogP contribution in [0.15, 0.2) is 0 Å². The third-order valence-electron chi connectivity index (χ3n) is 3.45. The first kappa shape index (κ1) is 16.9. The minimum absolute atomic E-state index is 0.0610. The number of alkyl halides is 2. The van der Waals surface area contributed by atoms with Crippen molar-refractivity contribution >= 4 is 27.7 Å². The molecule has 2 N–H and O–H groups in total. The van der Waals surface area contributed by atoms with E-state index in [2.05, 4.69) is 10.6 Å². The van der Waals surface area contributed by atoms with Gasteiger partial charge in [-0.3, -0.25) is 10.1 Å². The molecule has 1 amide bonds. The van der Waals surface area contributed by atoms with Crippen LogP contribution in [0.1, 0.15) is 6.42 Å². The van der Waals surface area contributed by atoms with E-state index in [4.69, 9.17) is 0 Å². The molecule has 2 heterocycles. The zero-order chi connectivity index (χ0) is 15.5. The number of amides is 1. The molecule has 0 aromatic rings. The Balaban J connectivity index is 1.74. The Bertz CT molecular complexity index is 481. The molecular weight excluding hydrogens is 324 g/mol. The van der Waals surface area contributed by atoms with E-state index < -0.39 is 40.9 Å². The monoisotopic (exact) mass is 343 g/mol. The number of carbonyl (C=O) groups is 1. The van der Waals surface area contributed by atoms with Crippen molar-refractivity contribution in [2.75, 3.05) is 43.4 Å². The van der Waals surface area contributed by atoms with E-state index in [-0.39, 0.29) is 12.3 Å². The Morgan fingerprint density at radius 3 is 2.62 bits per heavy atom. The van der Waals surface area contributed by atoms with E-state index in [1.165, 1.54) is 4.31 Å². The number of rotatable bonds is 5. The summed E-state index contributed by atoms with van der Waals surface area (Å²) in [7, 11) is -3.39. The summed E-state index contributed by atoms with van der Waals surface area (Å²) in [6.07, 6.45) is -0.547. The molecule has 0 bridgehead atoms. The van der Waals surface area contributed by atoms with Crippen LogP contribution >= 0.6 is 11.8 Å². The summed E-state index contributed by atoms with van der Waals surface area (Å²) in [5.41, 5.74) is 0. The van der Waals surface area contributed by atoms with Crippen LogP contribution < -0.4 is 10.6 Å². The van der Waals surface area contributed by atoms with Gasteiger partial charge in [-0.2, -0.15) is 11.8 Å². The lowest BCUT2D eigenvalue weighted by atomic mass is 10.2. The number of hydrogen-bond acceptors (Lipinski definition) is 5. The molecule has 0 aliphatic carbocycles. The van der Waals surface area contributed by atoms with Crippen LogP contribution in [-0.4, -0.2) is 74.0 Å². The lowest BCUT2D eigenvalue weighted by molar-refractivity contribution is -0.123. The van der Waals surface area contributed by atoms with Gasteiger partial charge in [0.15, 0.2) is 0 Å². The number of nitrogens with one attached hydrogen (secondary N) is 2. The Labute approximate surface area is 127 Å². The molecule has 0 saturated carbocycles. The number of halogens is 2. The molecule has 122 valence electrons. The van der Waals surface area contributed by atoms with Crippen molar-refractivity contribution in [3.8, 4) is 0 Å². The first-order valence-corrected chi connectivity index (χ1v) is 9.51. The summed E-state index contributed by atoms with van der Waals surface area (Å²) in [6, 6.07) is -0.950. The second-order valence-electron chi connectivity index (χ2n) is 5.11. The van der Waals surface area contributed by atoms with Gasteiger partial charge in [0, 0.05) is 37.6 Å². The van der Waals surface area contributed by atoms with Crippen LogP contribution in [0.3, 0.4) is 0 Å². The van der Waals surface area contributed by atoms with Crippen molar-refractivity contribution in [3.63, 3.8) is 0 Å². The molecule has 2 rings (SSSR count). The second-order valence-corrected chi connectivity index (χ2v) is 8.43. The molecule has 6 nitrogen and oxygen atoms in total. The van der Waals surface area contributed by atoms with Crippen molar-refractivity contribution in [2.24, 2.45) is 0 Å². The smallest absolute Gasteiger partial charge is 0.262 e. The molecule has 2 aliphatic heterocycles. The number of carbonyl (C=O) groups excluding carboxylic acids is 1. The summed E-state index contributed by atoms with van der Waals surface area (Å²) in [5.74, 6) is -2.11. The van der Waals surface area contributed by atoms with Gasteiger partial charge >= 0.3 is 0 Å². The highest BCUT2D eigenvalue weighted by Gasteiger charge is 2.42. The molecule has 2 saturated heterocycles. The minimum atomic E-state index is -3.39. The fourth-order valence-electron chi connectivity index (χ4n) is 2.28. The van der Waals surface area contributed by atoms with Crippen molar-refractivity contribution in [1.29, 1.82) is 0 Å². The third kappa shape index (κ3) is 4.76. The average Bonchev–Trinajstić information content (AvgIpc) is 2.80. The molecular formula is C11H19F2N3O3S2. The molecule has 0 aromatic carbocycles. The first-order valence-electron chi connectivity index (χ1n) is 6.75. The molecule has 10 heteroatoms. The highest BCUT2D eigenvalue weighted by Crippen LogP contribution is 2.24. The number of nitrogens with zero attached hydrogens (tertiary/aromatic N) is 1. The van der Waals surface area contributed by atoms with Crippen molar-refractivity contribution in [3.05, 3.63) is 0 Å². The lowest BCUT2D eigenvalue weighted by Gasteiger charge is -2.25. The molecule has 0 radical (unpaired) electrons. The quantitative estimate of drug-likeness (QED) is 0.702. The van der Waals surface area contributed by atoms with E-state index in [1.54, 1.807) is 11.8 Å². The van der Waals surface area contributed by atoms with E-state index in [1.807, 2.05) is 0 Å². The van der Waals surface area contributed by atoms with Crippen LogP contribution in [0.4, 0.5) is 8.78 Å². The van der Waals surface area contributed by atoms with Gasteiger partial charge in [0.2, 0.25) is 15.9 Å². The maximum Gasteiger partial charge on any atom is 0.262 e. The number of hydrogen-bond donors (Lipinski definition) is 2. The third-order valence-corrected chi connectivity index (χ3v) is 6.26. The van der Waals surface area contributed by atoms with Gasteiger partial charge in [-0.25, -0.2) is 21.5 Å². The maximum atomic E-state index is 13.0. The van der Waals surface area contributed by atoms with Gasteiger partial charge < -0.3 is 5.32 Å². The lowest BCUT2D eigenvalue weighted by Crippen LogP contribution is -2.45. The summed E-state index contributed by atoms with van der Waals surface area (Å²) in [5, 5.41) is 4.84. The highest BCUT2D eigenvalue weighted by molar-refractivity contribution is 7.99. The van der Waals surface area contributed by atoms with Gasteiger partial charge in [0.25, 0.3) is 5.92 Å². The van der Waals surface area contributed by atoms with Crippen LogP contribution in [0.25, 0.3) is 0 Å². The molecule has 1 unspecified atom stereocenters. The van der Waals surface area contributed by atoms with E-state index in [0.29, 0.717) is 13.1 Å². The van der Waals surface area contributed by atoms with Crippen molar-refractivity contribution < 1.29 is 22.0 Å². The van der Waals surface area contributed by atoms with Gasteiger partial charge in [-0.1, -0.05) is 0 Å². The zero-order valence-electron chi connectivity index (χ0n) is 11.5. The topological polar surface area (TPSA) is 78.5 Å². The SMILES string of the molecule is O=C(NCCS(=O)(=O)N1CCSCC1)C1CC(F)(F)CN1. The van der Waals surface area contributed by atoms with Crippen LogP contribution in [0.2, 0.25) is 0 Å². The summed E-state index contributed by atoms with van der Waals surface area (Å²) < 4.78 is 51.4. The van der Waals surface area contributed by atoms with Crippen LogP contribution in [-0.2, 0) is 14.8 Å². The fraction of sp³-hybridized carbons (Fsp3) is 0.909. The van der Waals surface area contributed by atoms with Crippen LogP contribution in [0.5, 0.6) is 0 Å². The molecule has 2 fully saturated rings. The fourth-order valence-corrected chi connectivity index (χ4v) is 4.77. The average molecular weight is 343 g/mol. The first-order chi connectivity index (χ1) is 9.80. The van der Waals surface area contributed by atoms with Crippen LogP contribution in [0, 0.1) is 0 Å². The minimum Gasteiger partial charge on any atom is -0.354 e. The Morgan fingerprint density at radius 2 is 2.05 bits per heavy atom. The Kier molecular flexibility index (Phi) is 5.44. The molecule has 1 atom stereocenters. The van der Waals surface area contributed by atoms with E-state index in [9.17, 15) is 22.0 Å².